The first-order chi connectivity index (χ1) is 16.5. The van der Waals surface area contributed by atoms with Crippen molar-refractivity contribution in [2.24, 2.45) is 5.92 Å². The summed E-state index contributed by atoms with van der Waals surface area (Å²) in [5, 5.41) is 0.860. The van der Waals surface area contributed by atoms with Gasteiger partial charge in [0.05, 0.1) is 21.8 Å². The number of aromatic amines is 1. The van der Waals surface area contributed by atoms with Gasteiger partial charge in [0, 0.05) is 24.8 Å². The first-order valence-electron chi connectivity index (χ1n) is 11.9. The van der Waals surface area contributed by atoms with Crippen molar-refractivity contribution in [2.45, 2.75) is 38.1 Å². The van der Waals surface area contributed by atoms with Crippen LogP contribution in [0.1, 0.15) is 29.5 Å². The molecule has 2 aromatic heterocycles. The SMILES string of the molecule is Cc1cc2nc(-c3ccc(SCC(=O)N4CCC(Cc5ccccc5)CC4)nc3)[nH]c2cc1C. The van der Waals surface area contributed by atoms with Crippen molar-refractivity contribution in [3.8, 4) is 11.4 Å². The summed E-state index contributed by atoms with van der Waals surface area (Å²) in [4.78, 5) is 27.4. The lowest BCUT2D eigenvalue weighted by Crippen LogP contribution is -2.39. The highest BCUT2D eigenvalue weighted by molar-refractivity contribution is 7.99. The summed E-state index contributed by atoms with van der Waals surface area (Å²) >= 11 is 1.51. The molecule has 1 fully saturated rings. The van der Waals surface area contributed by atoms with Crippen LogP contribution >= 0.6 is 11.8 Å². The van der Waals surface area contributed by atoms with Crippen LogP contribution in [0, 0.1) is 19.8 Å². The van der Waals surface area contributed by atoms with E-state index in [4.69, 9.17) is 4.98 Å². The van der Waals surface area contributed by atoms with Crippen LogP contribution in [0.15, 0.2) is 65.8 Å². The van der Waals surface area contributed by atoms with Crippen LogP contribution in [0.4, 0.5) is 0 Å². The van der Waals surface area contributed by atoms with E-state index in [1.54, 1.807) is 0 Å². The van der Waals surface area contributed by atoms with Crippen molar-refractivity contribution in [3.63, 3.8) is 0 Å². The summed E-state index contributed by atoms with van der Waals surface area (Å²) in [6.45, 7) is 5.92. The second-order valence-corrected chi connectivity index (χ2v) is 10.2. The number of piperidine rings is 1. The van der Waals surface area contributed by atoms with Gasteiger partial charge in [-0.15, -0.1) is 0 Å². The van der Waals surface area contributed by atoms with Crippen molar-refractivity contribution in [1.29, 1.82) is 0 Å². The zero-order valence-corrected chi connectivity index (χ0v) is 20.6. The number of hydrogen-bond acceptors (Lipinski definition) is 4. The van der Waals surface area contributed by atoms with E-state index in [2.05, 4.69) is 66.3 Å². The number of pyridine rings is 1. The van der Waals surface area contributed by atoms with Gasteiger partial charge in [0.25, 0.3) is 0 Å². The summed E-state index contributed by atoms with van der Waals surface area (Å²) in [7, 11) is 0. The lowest BCUT2D eigenvalue weighted by atomic mass is 9.90. The lowest BCUT2D eigenvalue weighted by molar-refractivity contribution is -0.129. The summed E-state index contributed by atoms with van der Waals surface area (Å²) in [6, 6.07) is 18.9. The molecule has 5 nitrogen and oxygen atoms in total. The second kappa shape index (κ2) is 10.0. The standard InChI is InChI=1S/C28H30N4OS/c1-19-14-24-25(15-20(19)2)31-28(30-24)23-8-9-26(29-17-23)34-18-27(33)32-12-10-22(11-13-32)16-21-6-4-3-5-7-21/h3-9,14-15,17,22H,10-13,16,18H2,1-2H3,(H,30,31). The molecule has 3 heterocycles. The summed E-state index contributed by atoms with van der Waals surface area (Å²) < 4.78 is 0. The molecule has 1 aliphatic rings. The molecule has 1 N–H and O–H groups in total. The maximum atomic E-state index is 12.7. The molecule has 0 aliphatic carbocycles. The molecule has 1 aliphatic heterocycles. The van der Waals surface area contributed by atoms with Crippen molar-refractivity contribution < 1.29 is 4.79 Å². The Morgan fingerprint density at radius 2 is 1.82 bits per heavy atom. The fourth-order valence-corrected chi connectivity index (χ4v) is 5.32. The second-order valence-electron chi connectivity index (χ2n) is 9.23. The van der Waals surface area contributed by atoms with Crippen LogP contribution in [0.3, 0.4) is 0 Å². The fourth-order valence-electron chi connectivity index (χ4n) is 4.57. The first-order valence-corrected chi connectivity index (χ1v) is 12.9. The highest BCUT2D eigenvalue weighted by Gasteiger charge is 2.23. The monoisotopic (exact) mass is 470 g/mol. The van der Waals surface area contributed by atoms with Crippen molar-refractivity contribution in [3.05, 3.63) is 77.5 Å². The zero-order chi connectivity index (χ0) is 23.5. The molecule has 0 spiro atoms. The van der Waals surface area contributed by atoms with E-state index in [1.807, 2.05) is 23.2 Å². The largest absolute Gasteiger partial charge is 0.342 e. The highest BCUT2D eigenvalue weighted by Crippen LogP contribution is 2.26. The predicted octanol–water partition coefficient (Wildman–Crippen LogP) is 5.82. The van der Waals surface area contributed by atoms with E-state index in [-0.39, 0.29) is 5.91 Å². The van der Waals surface area contributed by atoms with E-state index in [0.29, 0.717) is 11.7 Å². The number of fused-ring (bicyclic) bond motifs is 1. The Kier molecular flexibility index (Phi) is 6.68. The normalized spacial score (nSPS) is 14.6. The maximum Gasteiger partial charge on any atom is 0.232 e. The van der Waals surface area contributed by atoms with Gasteiger partial charge < -0.3 is 9.88 Å². The molecule has 0 bridgehead atoms. The van der Waals surface area contributed by atoms with Crippen LogP contribution < -0.4 is 0 Å². The number of benzene rings is 2. The van der Waals surface area contributed by atoms with Gasteiger partial charge in [-0.1, -0.05) is 42.1 Å². The van der Waals surface area contributed by atoms with E-state index in [1.165, 1.54) is 28.5 Å². The molecule has 174 valence electrons. The number of H-pyrrole nitrogens is 1. The third-order valence-electron chi connectivity index (χ3n) is 6.79. The van der Waals surface area contributed by atoms with Crippen molar-refractivity contribution in [1.82, 2.24) is 19.9 Å². The van der Waals surface area contributed by atoms with Crippen LogP contribution in [-0.2, 0) is 11.2 Å². The van der Waals surface area contributed by atoms with Gasteiger partial charge in [0.1, 0.15) is 5.82 Å². The zero-order valence-electron chi connectivity index (χ0n) is 19.8. The Balaban J connectivity index is 1.13. The Morgan fingerprint density at radius 1 is 1.06 bits per heavy atom. The highest BCUT2D eigenvalue weighted by atomic mass is 32.2. The van der Waals surface area contributed by atoms with E-state index in [0.717, 1.165) is 59.8 Å². The fraction of sp³-hybridized carbons (Fsp3) is 0.321. The molecule has 34 heavy (non-hydrogen) atoms. The quantitative estimate of drug-likeness (QED) is 0.361. The Labute approximate surface area is 205 Å². The maximum absolute atomic E-state index is 12.7. The number of nitrogens with zero attached hydrogens (tertiary/aromatic N) is 3. The Morgan fingerprint density at radius 3 is 2.56 bits per heavy atom. The van der Waals surface area contributed by atoms with Crippen LogP contribution in [-0.4, -0.2) is 44.6 Å². The summed E-state index contributed by atoms with van der Waals surface area (Å²) in [6.07, 6.45) is 5.10. The number of likely N-dealkylation sites (tertiary alicyclic amines) is 1. The van der Waals surface area contributed by atoms with E-state index >= 15 is 0 Å². The Bertz CT molecular complexity index is 1240. The van der Waals surface area contributed by atoms with E-state index < -0.39 is 0 Å². The van der Waals surface area contributed by atoms with Crippen molar-refractivity contribution >= 4 is 28.7 Å². The van der Waals surface area contributed by atoms with Gasteiger partial charge >= 0.3 is 0 Å². The number of nitrogens with one attached hydrogen (secondary N) is 1. The number of rotatable bonds is 6. The average molecular weight is 471 g/mol. The molecule has 4 aromatic rings. The number of hydrogen-bond donors (Lipinski definition) is 1. The molecular formula is C28H30N4OS. The first kappa shape index (κ1) is 22.7. The molecule has 1 saturated heterocycles. The minimum absolute atomic E-state index is 0.206. The van der Waals surface area contributed by atoms with Gasteiger partial charge in [-0.3, -0.25) is 4.79 Å². The molecule has 5 rings (SSSR count). The van der Waals surface area contributed by atoms with Gasteiger partial charge in [-0.05, 0) is 80.0 Å². The van der Waals surface area contributed by atoms with Gasteiger partial charge in [0.2, 0.25) is 5.91 Å². The lowest BCUT2D eigenvalue weighted by Gasteiger charge is -2.32. The predicted molar refractivity (Wildman–Crippen MR) is 139 cm³/mol. The number of imidazole rings is 1. The third kappa shape index (κ3) is 5.17. The molecular weight excluding hydrogens is 440 g/mol. The minimum Gasteiger partial charge on any atom is -0.342 e. The van der Waals surface area contributed by atoms with Gasteiger partial charge in [0.15, 0.2) is 0 Å². The minimum atomic E-state index is 0.206. The number of carbonyl (C=O) groups excluding carboxylic acids is 1. The summed E-state index contributed by atoms with van der Waals surface area (Å²) in [5.74, 6) is 2.12. The third-order valence-corrected chi connectivity index (χ3v) is 7.71. The van der Waals surface area contributed by atoms with Gasteiger partial charge in [-0.25, -0.2) is 9.97 Å². The smallest absolute Gasteiger partial charge is 0.232 e. The van der Waals surface area contributed by atoms with Crippen LogP contribution in [0.5, 0.6) is 0 Å². The number of thioether (sulfide) groups is 1. The molecule has 2 aromatic carbocycles. The number of carbonyl (C=O) groups is 1. The molecule has 1 amide bonds. The van der Waals surface area contributed by atoms with Gasteiger partial charge in [-0.2, -0.15) is 0 Å². The number of aryl methyl sites for hydroxylation is 2. The van der Waals surface area contributed by atoms with Crippen molar-refractivity contribution in [2.75, 3.05) is 18.8 Å². The number of amides is 1. The van der Waals surface area contributed by atoms with Crippen LogP contribution in [0.25, 0.3) is 22.4 Å². The Hall–Kier alpha value is -3.12. The average Bonchev–Trinajstić information content (AvgIpc) is 3.27. The number of aromatic nitrogens is 3. The topological polar surface area (TPSA) is 61.9 Å². The summed E-state index contributed by atoms with van der Waals surface area (Å²) in [5.41, 5.74) is 6.83. The molecule has 0 saturated carbocycles. The van der Waals surface area contributed by atoms with Crippen LogP contribution in [0.2, 0.25) is 0 Å². The molecule has 0 unspecified atom stereocenters. The molecule has 0 atom stereocenters. The molecule has 6 heteroatoms. The van der Waals surface area contributed by atoms with E-state index in [9.17, 15) is 4.79 Å². The molecule has 0 radical (unpaired) electrons.